The summed E-state index contributed by atoms with van der Waals surface area (Å²) in [5.74, 6) is -0.925. The van der Waals surface area contributed by atoms with Crippen LogP contribution >= 0.6 is 0 Å². The third-order valence-corrected chi connectivity index (χ3v) is 2.18. The number of esters is 2. The number of rotatable bonds is 6. The Morgan fingerprint density at radius 2 is 1.25 bits per heavy atom. The molecule has 0 spiro atoms. The van der Waals surface area contributed by atoms with E-state index in [0.717, 1.165) is 0 Å². The molecule has 0 saturated carbocycles. The number of ether oxygens (including phenoxy) is 2. The molecule has 0 bridgehead atoms. The van der Waals surface area contributed by atoms with Crippen LogP contribution in [0.3, 0.4) is 0 Å². The smallest absolute Gasteiger partial charge is 0.359 e. The van der Waals surface area contributed by atoms with Crippen LogP contribution in [0.5, 0.6) is 0 Å². The van der Waals surface area contributed by atoms with Gasteiger partial charge in [0.2, 0.25) is 0 Å². The molecular weight excluding hydrogens is 260 g/mol. The predicted octanol–water partition coefficient (Wildman–Crippen LogP) is 2.10. The Morgan fingerprint density at radius 3 is 1.55 bits per heavy atom. The molecule has 6 nitrogen and oxygen atoms in total. The fourth-order valence-corrected chi connectivity index (χ4v) is 1.26. The van der Waals surface area contributed by atoms with Gasteiger partial charge in [0.1, 0.15) is 0 Å². The van der Waals surface area contributed by atoms with E-state index in [2.05, 4.69) is 9.97 Å². The zero-order chi connectivity index (χ0) is 15.1. The third kappa shape index (κ3) is 4.95. The number of hydrogen-bond acceptors (Lipinski definition) is 6. The number of hydrogen-bond donors (Lipinski definition) is 0. The molecule has 0 aliphatic heterocycles. The Kier molecular flexibility index (Phi) is 6.09. The first kappa shape index (κ1) is 16.1. The zero-order valence-electron chi connectivity index (χ0n) is 12.3. The summed E-state index contributed by atoms with van der Waals surface area (Å²) in [4.78, 5) is 31.5. The maximum atomic E-state index is 11.9. The van der Waals surface area contributed by atoms with Gasteiger partial charge in [0, 0.05) is 12.4 Å². The van der Waals surface area contributed by atoms with Crippen molar-refractivity contribution >= 4 is 11.9 Å². The van der Waals surface area contributed by atoms with E-state index in [1.54, 1.807) is 0 Å². The number of nitrogens with zero attached hydrogens (tertiary/aromatic N) is 2. The van der Waals surface area contributed by atoms with Crippen molar-refractivity contribution in [2.45, 2.75) is 27.7 Å². The largest absolute Gasteiger partial charge is 0.461 e. The van der Waals surface area contributed by atoms with Gasteiger partial charge in [-0.2, -0.15) is 0 Å². The van der Waals surface area contributed by atoms with Crippen molar-refractivity contribution in [1.82, 2.24) is 9.97 Å². The van der Waals surface area contributed by atoms with Gasteiger partial charge in [-0.25, -0.2) is 19.6 Å². The summed E-state index contributed by atoms with van der Waals surface area (Å²) in [7, 11) is 0. The van der Waals surface area contributed by atoms with Crippen LogP contribution in [0.1, 0.15) is 48.7 Å². The minimum absolute atomic E-state index is 0.109. The average Bonchev–Trinajstić information content (AvgIpc) is 2.42. The summed E-state index contributed by atoms with van der Waals surface area (Å²) in [5, 5.41) is 0. The maximum absolute atomic E-state index is 11.9. The summed E-state index contributed by atoms with van der Waals surface area (Å²) in [6.45, 7) is 8.19. The van der Waals surface area contributed by atoms with E-state index in [9.17, 15) is 9.59 Å². The second-order valence-corrected chi connectivity index (χ2v) is 5.24. The van der Waals surface area contributed by atoms with E-state index in [1.807, 2.05) is 27.7 Å². The normalized spacial score (nSPS) is 10.7. The van der Waals surface area contributed by atoms with Crippen LogP contribution in [0.2, 0.25) is 0 Å². The third-order valence-electron chi connectivity index (χ3n) is 2.18. The number of carbonyl (C=O) groups is 2. The topological polar surface area (TPSA) is 78.4 Å². The Bertz CT molecular complexity index is 429. The monoisotopic (exact) mass is 280 g/mol. The molecule has 0 atom stereocenters. The fourth-order valence-electron chi connectivity index (χ4n) is 1.26. The molecule has 6 heteroatoms. The van der Waals surface area contributed by atoms with Crippen molar-refractivity contribution in [3.8, 4) is 0 Å². The second kappa shape index (κ2) is 7.57. The molecule has 20 heavy (non-hydrogen) atoms. The van der Waals surface area contributed by atoms with Gasteiger partial charge in [0.25, 0.3) is 0 Å². The highest BCUT2D eigenvalue weighted by Crippen LogP contribution is 2.08. The Labute approximate surface area is 118 Å². The maximum Gasteiger partial charge on any atom is 0.359 e. The van der Waals surface area contributed by atoms with Gasteiger partial charge >= 0.3 is 11.9 Å². The van der Waals surface area contributed by atoms with Gasteiger partial charge in [-0.05, 0) is 11.8 Å². The van der Waals surface area contributed by atoms with Gasteiger partial charge in [0.05, 0.1) is 13.2 Å². The summed E-state index contributed by atoms with van der Waals surface area (Å²) < 4.78 is 10.1. The minimum atomic E-state index is -0.664. The predicted molar refractivity (Wildman–Crippen MR) is 72.3 cm³/mol. The average molecular weight is 280 g/mol. The molecule has 0 saturated heterocycles. The second-order valence-electron chi connectivity index (χ2n) is 5.24. The molecular formula is C14H20N2O4. The molecule has 1 aromatic heterocycles. The summed E-state index contributed by atoms with van der Waals surface area (Å²) in [6.07, 6.45) is 2.68. The van der Waals surface area contributed by atoms with Crippen molar-refractivity contribution in [3.05, 3.63) is 23.8 Å². The Hall–Kier alpha value is -1.98. The van der Waals surface area contributed by atoms with Crippen LogP contribution in [0.15, 0.2) is 12.4 Å². The van der Waals surface area contributed by atoms with Crippen LogP contribution in [0.25, 0.3) is 0 Å². The Morgan fingerprint density at radius 1 is 0.900 bits per heavy atom. The molecule has 0 amide bonds. The molecule has 1 heterocycles. The molecule has 0 unspecified atom stereocenters. The van der Waals surface area contributed by atoms with Crippen LogP contribution < -0.4 is 0 Å². The highest BCUT2D eigenvalue weighted by Gasteiger charge is 2.22. The first-order chi connectivity index (χ1) is 9.41. The van der Waals surface area contributed by atoms with Gasteiger partial charge in [-0.3, -0.25) is 0 Å². The molecule has 0 aromatic carbocycles. The van der Waals surface area contributed by atoms with E-state index >= 15 is 0 Å². The van der Waals surface area contributed by atoms with E-state index in [1.165, 1.54) is 12.4 Å². The van der Waals surface area contributed by atoms with E-state index in [0.29, 0.717) is 0 Å². The summed E-state index contributed by atoms with van der Waals surface area (Å²) in [6, 6.07) is 0. The number of carbonyl (C=O) groups excluding carboxylic acids is 2. The fraction of sp³-hybridized carbons (Fsp3) is 0.571. The first-order valence-electron chi connectivity index (χ1n) is 6.57. The SMILES string of the molecule is CC(C)COC(=O)c1nccnc1C(=O)OCC(C)C. The van der Waals surface area contributed by atoms with Crippen molar-refractivity contribution in [2.75, 3.05) is 13.2 Å². The van der Waals surface area contributed by atoms with Crippen LogP contribution in [-0.4, -0.2) is 35.1 Å². The lowest BCUT2D eigenvalue weighted by Gasteiger charge is -2.10. The minimum Gasteiger partial charge on any atom is -0.461 e. The van der Waals surface area contributed by atoms with Gasteiger partial charge in [0.15, 0.2) is 11.4 Å². The van der Waals surface area contributed by atoms with Crippen molar-refractivity contribution in [2.24, 2.45) is 11.8 Å². The molecule has 110 valence electrons. The van der Waals surface area contributed by atoms with Crippen LogP contribution in [0.4, 0.5) is 0 Å². The number of aromatic nitrogens is 2. The standard InChI is InChI=1S/C14H20N2O4/c1-9(2)7-19-13(17)11-12(16-6-5-15-11)14(18)20-8-10(3)4/h5-6,9-10H,7-8H2,1-4H3. The highest BCUT2D eigenvalue weighted by atomic mass is 16.5. The van der Waals surface area contributed by atoms with E-state index < -0.39 is 11.9 Å². The van der Waals surface area contributed by atoms with Crippen molar-refractivity contribution in [1.29, 1.82) is 0 Å². The van der Waals surface area contributed by atoms with Gasteiger partial charge in [-0.1, -0.05) is 27.7 Å². The van der Waals surface area contributed by atoms with Crippen LogP contribution in [0, 0.1) is 11.8 Å². The highest BCUT2D eigenvalue weighted by molar-refractivity contribution is 6.00. The van der Waals surface area contributed by atoms with Crippen LogP contribution in [-0.2, 0) is 9.47 Å². The molecule has 1 aromatic rings. The lowest BCUT2D eigenvalue weighted by Crippen LogP contribution is -2.20. The molecule has 0 N–H and O–H groups in total. The van der Waals surface area contributed by atoms with E-state index in [4.69, 9.17) is 9.47 Å². The van der Waals surface area contributed by atoms with Crippen molar-refractivity contribution < 1.29 is 19.1 Å². The van der Waals surface area contributed by atoms with Gasteiger partial charge < -0.3 is 9.47 Å². The van der Waals surface area contributed by atoms with Gasteiger partial charge in [-0.15, -0.1) is 0 Å². The molecule has 0 aliphatic carbocycles. The van der Waals surface area contributed by atoms with E-state index in [-0.39, 0.29) is 36.4 Å². The summed E-state index contributed by atoms with van der Waals surface area (Å²) in [5.41, 5.74) is -0.219. The quantitative estimate of drug-likeness (QED) is 0.742. The zero-order valence-corrected chi connectivity index (χ0v) is 12.3. The lowest BCUT2D eigenvalue weighted by atomic mass is 10.2. The van der Waals surface area contributed by atoms with Crippen molar-refractivity contribution in [3.63, 3.8) is 0 Å². The molecule has 0 radical (unpaired) electrons. The molecule has 0 fully saturated rings. The first-order valence-corrected chi connectivity index (χ1v) is 6.57. The molecule has 1 rings (SSSR count). The summed E-state index contributed by atoms with van der Waals surface area (Å²) >= 11 is 0. The lowest BCUT2D eigenvalue weighted by molar-refractivity contribution is 0.0401. The molecule has 0 aliphatic rings. The Balaban J connectivity index is 2.82.